The number of benzene rings is 2. The van der Waals surface area contributed by atoms with Crippen LogP contribution in [0.2, 0.25) is 0 Å². The maximum Gasteiger partial charge on any atom is 0.416 e. The molecule has 0 aliphatic carbocycles. The monoisotopic (exact) mass is 695 g/mol. The van der Waals surface area contributed by atoms with Crippen LogP contribution in [0.25, 0.3) is 0 Å². The van der Waals surface area contributed by atoms with Gasteiger partial charge in [-0.05, 0) is 106 Å². The zero-order chi connectivity index (χ0) is 35.9. The molecule has 3 heterocycles. The minimum Gasteiger partial charge on any atom is -0.444 e. The summed E-state index contributed by atoms with van der Waals surface area (Å²) in [5, 5.41) is 12.4. The van der Waals surface area contributed by atoms with Crippen molar-refractivity contribution >= 4 is 17.7 Å². The van der Waals surface area contributed by atoms with Gasteiger partial charge in [0.05, 0.1) is 24.2 Å². The van der Waals surface area contributed by atoms with E-state index < -0.39 is 35.1 Å². The molecule has 5 rings (SSSR count). The van der Waals surface area contributed by atoms with Crippen LogP contribution < -0.4 is 9.80 Å². The number of halogens is 6. The summed E-state index contributed by atoms with van der Waals surface area (Å²) < 4.78 is 88.4. The Hall–Kier alpha value is -4.04. The second kappa shape index (κ2) is 13.7. The van der Waals surface area contributed by atoms with Crippen molar-refractivity contribution in [2.24, 2.45) is 13.0 Å². The Bertz CT molecular complexity index is 1610. The highest BCUT2D eigenvalue weighted by Gasteiger charge is 2.38. The Balaban J connectivity index is 1.48. The molecule has 49 heavy (non-hydrogen) atoms. The lowest BCUT2D eigenvalue weighted by atomic mass is 9.93. The van der Waals surface area contributed by atoms with Gasteiger partial charge in [0.15, 0.2) is 0 Å². The third-order valence-electron chi connectivity index (χ3n) is 8.93. The van der Waals surface area contributed by atoms with E-state index in [9.17, 15) is 31.1 Å². The number of rotatable bonds is 6. The Labute approximate surface area is 282 Å². The van der Waals surface area contributed by atoms with Crippen molar-refractivity contribution in [2.75, 3.05) is 36.0 Å². The summed E-state index contributed by atoms with van der Waals surface area (Å²) in [6.07, 6.45) is -7.43. The molecule has 1 atom stereocenters. The van der Waals surface area contributed by atoms with Crippen molar-refractivity contribution in [1.82, 2.24) is 25.1 Å². The van der Waals surface area contributed by atoms with Gasteiger partial charge in [-0.25, -0.2) is 4.79 Å². The smallest absolute Gasteiger partial charge is 0.416 e. The van der Waals surface area contributed by atoms with Crippen molar-refractivity contribution in [1.29, 1.82) is 0 Å². The molecule has 0 radical (unpaired) electrons. The van der Waals surface area contributed by atoms with Crippen LogP contribution in [0.15, 0.2) is 30.3 Å². The van der Waals surface area contributed by atoms with Crippen LogP contribution in [0.1, 0.15) is 85.9 Å². The Morgan fingerprint density at radius 2 is 1.55 bits per heavy atom. The number of anilines is 2. The molecule has 2 aliphatic rings. The number of amides is 1. The van der Waals surface area contributed by atoms with E-state index in [2.05, 4.69) is 26.4 Å². The lowest BCUT2D eigenvalue weighted by Crippen LogP contribution is -2.44. The molecule has 1 fully saturated rings. The number of carbonyl (C=O) groups is 1. The number of likely N-dealkylation sites (tertiary alicyclic amines) is 1. The highest BCUT2D eigenvalue weighted by Crippen LogP contribution is 2.43. The third kappa shape index (κ3) is 8.77. The summed E-state index contributed by atoms with van der Waals surface area (Å²) in [7, 11) is 1.55. The van der Waals surface area contributed by atoms with Crippen LogP contribution in [-0.4, -0.2) is 63.0 Å². The number of piperidine rings is 1. The predicted octanol–water partition coefficient (Wildman–Crippen LogP) is 7.86. The lowest BCUT2D eigenvalue weighted by Gasteiger charge is -2.37. The first-order valence-corrected chi connectivity index (χ1v) is 16.4. The van der Waals surface area contributed by atoms with Gasteiger partial charge in [0.1, 0.15) is 5.60 Å². The van der Waals surface area contributed by atoms with Gasteiger partial charge in [-0.15, -0.1) is 5.10 Å². The minimum absolute atomic E-state index is 0.103. The number of ether oxygens (including phenoxy) is 1. The molecular weight excluding hydrogens is 652 g/mol. The Morgan fingerprint density at radius 3 is 2.10 bits per heavy atom. The topological polar surface area (TPSA) is 79.6 Å². The van der Waals surface area contributed by atoms with Crippen LogP contribution in [0.5, 0.6) is 0 Å². The first-order valence-electron chi connectivity index (χ1n) is 16.4. The highest BCUT2D eigenvalue weighted by atomic mass is 19.4. The van der Waals surface area contributed by atoms with Crippen molar-refractivity contribution in [3.8, 4) is 0 Å². The predicted molar refractivity (Wildman–Crippen MR) is 172 cm³/mol. The molecule has 1 aromatic heterocycles. The van der Waals surface area contributed by atoms with Crippen LogP contribution in [0.4, 0.5) is 42.8 Å². The standard InChI is InChI=1S/C34H43F6N7O2/c1-21-14-22(2)29-27(15-21)28(8-7-11-46(29)19-23-9-12-45(13-10-23)31(48)49-32(3,4)5)47(30-41-43-44(6)42-30)20-24-16-25(33(35,36)37)18-26(17-24)34(38,39)40/h14-18,23,28H,7-13,19-20H2,1-6H3. The van der Waals surface area contributed by atoms with E-state index in [-0.39, 0.29) is 30.2 Å². The molecule has 0 N–H and O–H groups in total. The van der Waals surface area contributed by atoms with Crippen molar-refractivity contribution in [2.45, 2.75) is 90.8 Å². The fraction of sp³-hybridized carbons (Fsp3) is 0.588. The van der Waals surface area contributed by atoms with E-state index in [0.29, 0.717) is 38.4 Å². The zero-order valence-electron chi connectivity index (χ0n) is 28.6. The molecule has 0 spiro atoms. The Morgan fingerprint density at radius 1 is 0.918 bits per heavy atom. The fourth-order valence-corrected chi connectivity index (χ4v) is 6.88. The molecule has 1 saturated heterocycles. The summed E-state index contributed by atoms with van der Waals surface area (Å²) >= 11 is 0. The quantitative estimate of drug-likeness (QED) is 0.243. The van der Waals surface area contributed by atoms with Gasteiger partial charge in [-0.1, -0.05) is 22.8 Å². The summed E-state index contributed by atoms with van der Waals surface area (Å²) in [5.74, 6) is 0.402. The number of fused-ring (bicyclic) bond motifs is 1. The highest BCUT2D eigenvalue weighted by molar-refractivity contribution is 5.68. The van der Waals surface area contributed by atoms with Gasteiger partial charge < -0.3 is 19.4 Å². The van der Waals surface area contributed by atoms with Crippen LogP contribution in [0.3, 0.4) is 0 Å². The lowest BCUT2D eigenvalue weighted by molar-refractivity contribution is -0.143. The molecule has 2 aliphatic heterocycles. The summed E-state index contributed by atoms with van der Waals surface area (Å²) in [6.45, 7) is 11.8. The zero-order valence-corrected chi connectivity index (χ0v) is 28.6. The van der Waals surface area contributed by atoms with Crippen LogP contribution in [0, 0.1) is 19.8 Å². The van der Waals surface area contributed by atoms with Crippen molar-refractivity contribution in [3.05, 3.63) is 63.7 Å². The largest absolute Gasteiger partial charge is 0.444 e. The van der Waals surface area contributed by atoms with E-state index in [1.807, 2.05) is 40.7 Å². The fourth-order valence-electron chi connectivity index (χ4n) is 6.88. The van der Waals surface area contributed by atoms with E-state index in [1.165, 1.54) is 4.80 Å². The first-order chi connectivity index (χ1) is 22.8. The van der Waals surface area contributed by atoms with Gasteiger partial charge in [0.2, 0.25) is 0 Å². The third-order valence-corrected chi connectivity index (χ3v) is 8.93. The average Bonchev–Trinajstić information content (AvgIpc) is 3.33. The average molecular weight is 696 g/mol. The molecule has 9 nitrogen and oxygen atoms in total. The minimum atomic E-state index is -4.97. The molecule has 15 heteroatoms. The van der Waals surface area contributed by atoms with Crippen LogP contribution >= 0.6 is 0 Å². The molecule has 268 valence electrons. The van der Waals surface area contributed by atoms with Gasteiger partial charge in [0, 0.05) is 38.4 Å². The van der Waals surface area contributed by atoms with Gasteiger partial charge >= 0.3 is 18.4 Å². The molecule has 2 aromatic carbocycles. The summed E-state index contributed by atoms with van der Waals surface area (Å²) in [4.78, 5) is 19.6. The van der Waals surface area contributed by atoms with Gasteiger partial charge in [-0.3, -0.25) is 0 Å². The molecular formula is C34H43F6N7O2. The van der Waals surface area contributed by atoms with Crippen LogP contribution in [-0.2, 0) is 30.7 Å². The summed E-state index contributed by atoms with van der Waals surface area (Å²) in [5.41, 5.74) is 0.374. The van der Waals surface area contributed by atoms with E-state index in [4.69, 9.17) is 4.74 Å². The number of hydrogen-bond acceptors (Lipinski definition) is 7. The van der Waals surface area contributed by atoms with Crippen molar-refractivity contribution in [3.63, 3.8) is 0 Å². The van der Waals surface area contributed by atoms with Gasteiger partial charge in [-0.2, -0.15) is 31.1 Å². The number of hydrogen-bond donors (Lipinski definition) is 0. The molecule has 1 amide bonds. The molecule has 3 aromatic rings. The van der Waals surface area contributed by atoms with Crippen molar-refractivity contribution < 1.29 is 35.9 Å². The summed E-state index contributed by atoms with van der Waals surface area (Å²) in [6, 6.07) is 5.29. The SMILES string of the molecule is Cc1cc(C)c2c(c1)C(N(Cc1cc(C(F)(F)F)cc(C(F)(F)F)c1)c1nnn(C)n1)CCCN2CC1CCN(C(=O)OC(C)(C)C)CC1. The number of aromatic nitrogens is 4. The number of aryl methyl sites for hydroxylation is 3. The first kappa shape index (κ1) is 36.2. The number of carbonyl (C=O) groups excluding carboxylic acids is 1. The second-order valence-corrected chi connectivity index (χ2v) is 14.2. The van der Waals surface area contributed by atoms with Gasteiger partial charge in [0.25, 0.3) is 5.95 Å². The number of nitrogens with zero attached hydrogens (tertiary/aromatic N) is 7. The maximum absolute atomic E-state index is 13.8. The Kier molecular flexibility index (Phi) is 10.1. The van der Waals surface area contributed by atoms with E-state index >= 15 is 0 Å². The molecule has 0 saturated carbocycles. The maximum atomic E-state index is 13.8. The molecule has 1 unspecified atom stereocenters. The van der Waals surface area contributed by atoms with E-state index in [0.717, 1.165) is 53.9 Å². The number of alkyl halides is 6. The molecule has 0 bridgehead atoms. The number of tetrazole rings is 1. The normalized spacial score (nSPS) is 17.9. The second-order valence-electron chi connectivity index (χ2n) is 14.2. The van der Waals surface area contributed by atoms with E-state index in [1.54, 1.807) is 16.8 Å².